The van der Waals surface area contributed by atoms with E-state index in [1.165, 1.54) is 4.31 Å². The molecule has 138 valence electrons. The number of carbonyl (C=O) groups excluding carboxylic acids is 1. The topological polar surface area (TPSA) is 66.5 Å². The smallest absolute Gasteiger partial charge is 0.243 e. The highest BCUT2D eigenvalue weighted by molar-refractivity contribution is 9.10. The van der Waals surface area contributed by atoms with Crippen molar-refractivity contribution >= 4 is 49.1 Å². The number of hydrogen-bond acceptors (Lipinski definition) is 3. The molecule has 0 radical (unpaired) electrons. The zero-order valence-corrected chi connectivity index (χ0v) is 17.2. The zero-order chi connectivity index (χ0) is 18.9. The first-order valence-corrected chi connectivity index (χ1v) is 10.7. The largest absolute Gasteiger partial charge is 0.325 e. The van der Waals surface area contributed by atoms with Crippen LogP contribution in [-0.4, -0.2) is 31.2 Å². The fraction of sp³-hybridized carbons (Fsp3) is 0.278. The third-order valence-corrected chi connectivity index (χ3v) is 7.46. The maximum absolute atomic E-state index is 12.9. The number of amides is 1. The van der Waals surface area contributed by atoms with Crippen molar-refractivity contribution in [3.05, 3.63) is 57.5 Å². The van der Waals surface area contributed by atoms with Gasteiger partial charge in [0.2, 0.25) is 15.9 Å². The molecule has 8 heteroatoms. The summed E-state index contributed by atoms with van der Waals surface area (Å²) < 4.78 is 27.8. The van der Waals surface area contributed by atoms with Crippen LogP contribution in [-0.2, 0) is 14.8 Å². The second-order valence-corrected chi connectivity index (χ2v) is 9.36. The van der Waals surface area contributed by atoms with Crippen LogP contribution in [0.4, 0.5) is 5.69 Å². The molecule has 1 aliphatic heterocycles. The number of rotatable bonds is 4. The average Bonchev–Trinajstić information content (AvgIpc) is 3.09. The lowest BCUT2D eigenvalue weighted by Crippen LogP contribution is -2.43. The van der Waals surface area contributed by atoms with Crippen LogP contribution < -0.4 is 5.32 Å². The summed E-state index contributed by atoms with van der Waals surface area (Å²) in [6.45, 7) is 2.23. The van der Waals surface area contributed by atoms with Gasteiger partial charge in [0, 0.05) is 16.7 Å². The van der Waals surface area contributed by atoms with Gasteiger partial charge >= 0.3 is 0 Å². The predicted octanol–water partition coefficient (Wildman–Crippen LogP) is 4.20. The van der Waals surface area contributed by atoms with Crippen molar-refractivity contribution in [1.82, 2.24) is 4.31 Å². The fourth-order valence-corrected chi connectivity index (χ4v) is 5.09. The van der Waals surface area contributed by atoms with Crippen LogP contribution >= 0.6 is 27.5 Å². The third-order valence-electron chi connectivity index (χ3n) is 4.32. The lowest BCUT2D eigenvalue weighted by Gasteiger charge is -2.23. The quantitative estimate of drug-likeness (QED) is 0.748. The molecule has 0 bridgehead atoms. The molecule has 1 amide bonds. The number of hydrogen-bond donors (Lipinski definition) is 1. The van der Waals surface area contributed by atoms with Crippen LogP contribution in [0.25, 0.3) is 0 Å². The number of nitrogens with zero attached hydrogens (tertiary/aromatic N) is 1. The summed E-state index contributed by atoms with van der Waals surface area (Å²) in [5, 5.41) is 3.32. The van der Waals surface area contributed by atoms with Crippen molar-refractivity contribution in [3.8, 4) is 0 Å². The summed E-state index contributed by atoms with van der Waals surface area (Å²) in [6.07, 6.45) is 1.14. The molecule has 0 aromatic heterocycles. The number of nitrogens with one attached hydrogen (secondary N) is 1. The van der Waals surface area contributed by atoms with Gasteiger partial charge in [0.15, 0.2) is 0 Å². The van der Waals surface area contributed by atoms with Crippen LogP contribution in [0.5, 0.6) is 0 Å². The minimum absolute atomic E-state index is 0.206. The van der Waals surface area contributed by atoms with Crippen molar-refractivity contribution in [2.75, 3.05) is 11.9 Å². The molecule has 2 aromatic carbocycles. The summed E-state index contributed by atoms with van der Waals surface area (Å²) in [6, 6.07) is 11.0. The summed E-state index contributed by atoms with van der Waals surface area (Å²) in [5.74, 6) is -0.340. The first-order chi connectivity index (χ1) is 12.3. The summed E-state index contributed by atoms with van der Waals surface area (Å²) in [5.41, 5.74) is 1.54. The van der Waals surface area contributed by atoms with Gasteiger partial charge in [-0.1, -0.05) is 29.3 Å². The van der Waals surface area contributed by atoms with E-state index in [0.29, 0.717) is 34.6 Å². The lowest BCUT2D eigenvalue weighted by molar-refractivity contribution is -0.119. The number of halogens is 2. The van der Waals surface area contributed by atoms with Crippen molar-refractivity contribution in [3.63, 3.8) is 0 Å². The van der Waals surface area contributed by atoms with Crippen molar-refractivity contribution in [2.24, 2.45) is 0 Å². The van der Waals surface area contributed by atoms with Gasteiger partial charge in [-0.2, -0.15) is 4.31 Å². The van der Waals surface area contributed by atoms with Crippen LogP contribution in [0.1, 0.15) is 18.4 Å². The van der Waals surface area contributed by atoms with Gasteiger partial charge in [0.25, 0.3) is 0 Å². The second-order valence-electron chi connectivity index (χ2n) is 6.20. The molecule has 2 aromatic rings. The molecule has 0 saturated carbocycles. The second kappa shape index (κ2) is 7.68. The number of anilines is 1. The lowest BCUT2D eigenvalue weighted by atomic mass is 10.2. The average molecular weight is 458 g/mol. The molecule has 1 atom stereocenters. The van der Waals surface area contributed by atoms with E-state index >= 15 is 0 Å². The Morgan fingerprint density at radius 1 is 1.23 bits per heavy atom. The molecule has 5 nitrogen and oxygen atoms in total. The number of benzene rings is 2. The molecule has 26 heavy (non-hydrogen) atoms. The van der Waals surface area contributed by atoms with E-state index in [1.54, 1.807) is 42.5 Å². The highest BCUT2D eigenvalue weighted by Crippen LogP contribution is 2.29. The zero-order valence-electron chi connectivity index (χ0n) is 14.1. The van der Waals surface area contributed by atoms with Crippen molar-refractivity contribution in [2.45, 2.75) is 30.7 Å². The Kier molecular flexibility index (Phi) is 5.72. The molecule has 0 aliphatic carbocycles. The van der Waals surface area contributed by atoms with Gasteiger partial charge in [-0.25, -0.2) is 8.42 Å². The van der Waals surface area contributed by atoms with Gasteiger partial charge in [0.05, 0.1) is 9.92 Å². The third kappa shape index (κ3) is 3.96. The molecule has 1 N–H and O–H groups in total. The van der Waals surface area contributed by atoms with Crippen LogP contribution in [0, 0.1) is 6.92 Å². The van der Waals surface area contributed by atoms with Gasteiger partial charge in [-0.3, -0.25) is 4.79 Å². The molecular formula is C18H18BrClN2O3S. The van der Waals surface area contributed by atoms with E-state index in [9.17, 15) is 13.2 Å². The van der Waals surface area contributed by atoms with E-state index in [-0.39, 0.29) is 10.8 Å². The van der Waals surface area contributed by atoms with E-state index in [4.69, 9.17) is 11.6 Å². The minimum atomic E-state index is -3.71. The highest BCUT2D eigenvalue weighted by Gasteiger charge is 2.39. The molecule has 1 heterocycles. The van der Waals surface area contributed by atoms with E-state index in [1.807, 2.05) is 6.92 Å². The van der Waals surface area contributed by atoms with Gasteiger partial charge < -0.3 is 5.32 Å². The maximum Gasteiger partial charge on any atom is 0.243 e. The molecule has 1 aliphatic rings. The Morgan fingerprint density at radius 2 is 1.92 bits per heavy atom. The van der Waals surface area contributed by atoms with Crippen molar-refractivity contribution < 1.29 is 13.2 Å². The SMILES string of the molecule is Cc1ccc(S(=O)(=O)N2CCC[C@H]2C(=O)Nc2ccc(Cl)c(Br)c2)cc1. The molecule has 3 rings (SSSR count). The standard InChI is InChI=1S/C18H18BrClN2O3S/c1-12-4-7-14(8-5-12)26(24,25)22-10-2-3-17(22)18(23)21-13-6-9-16(20)15(19)11-13/h4-9,11,17H,2-3,10H2,1H3,(H,21,23)/t17-/m0/s1. The minimum Gasteiger partial charge on any atom is -0.325 e. The number of sulfonamides is 1. The summed E-state index contributed by atoms with van der Waals surface area (Å²) in [7, 11) is -3.71. The van der Waals surface area contributed by atoms with Crippen LogP contribution in [0.3, 0.4) is 0 Å². The monoisotopic (exact) mass is 456 g/mol. The Bertz CT molecular complexity index is 932. The molecule has 1 fully saturated rings. The fourth-order valence-electron chi connectivity index (χ4n) is 2.93. The molecule has 0 spiro atoms. The molecule has 0 unspecified atom stereocenters. The first-order valence-electron chi connectivity index (χ1n) is 8.13. The summed E-state index contributed by atoms with van der Waals surface area (Å²) in [4.78, 5) is 12.9. The van der Waals surface area contributed by atoms with E-state index in [2.05, 4.69) is 21.2 Å². The normalized spacial score (nSPS) is 18.0. The molecular weight excluding hydrogens is 440 g/mol. The van der Waals surface area contributed by atoms with Crippen LogP contribution in [0.15, 0.2) is 51.8 Å². The van der Waals surface area contributed by atoms with Gasteiger partial charge in [0.1, 0.15) is 6.04 Å². The van der Waals surface area contributed by atoms with Gasteiger partial charge in [-0.15, -0.1) is 0 Å². The Hall–Kier alpha value is -1.41. The summed E-state index contributed by atoms with van der Waals surface area (Å²) >= 11 is 9.27. The molecule has 1 saturated heterocycles. The maximum atomic E-state index is 12.9. The Morgan fingerprint density at radius 3 is 2.58 bits per heavy atom. The van der Waals surface area contributed by atoms with Crippen molar-refractivity contribution in [1.29, 1.82) is 0 Å². The number of aryl methyl sites for hydroxylation is 1. The van der Waals surface area contributed by atoms with E-state index in [0.717, 1.165) is 5.56 Å². The van der Waals surface area contributed by atoms with E-state index < -0.39 is 16.1 Å². The van der Waals surface area contributed by atoms with Crippen LogP contribution in [0.2, 0.25) is 5.02 Å². The highest BCUT2D eigenvalue weighted by atomic mass is 79.9. The van der Waals surface area contributed by atoms with Gasteiger partial charge in [-0.05, 0) is 66.0 Å². The Labute approximate surface area is 166 Å². The number of carbonyl (C=O) groups is 1. The Balaban J connectivity index is 1.81. The predicted molar refractivity (Wildman–Crippen MR) is 106 cm³/mol. The first kappa shape index (κ1) is 19.4.